The van der Waals surface area contributed by atoms with E-state index in [2.05, 4.69) is 26.1 Å². The van der Waals surface area contributed by atoms with Crippen LogP contribution in [0.25, 0.3) is 0 Å². The van der Waals surface area contributed by atoms with Gasteiger partial charge in [-0.15, -0.1) is 0 Å². The van der Waals surface area contributed by atoms with E-state index in [9.17, 15) is 0 Å². The summed E-state index contributed by atoms with van der Waals surface area (Å²) in [4.78, 5) is 0. The Balaban J connectivity index is 2.19. The smallest absolute Gasteiger partial charge is 0.0700 e. The van der Waals surface area contributed by atoms with Crippen molar-refractivity contribution >= 4 is 0 Å². The highest BCUT2D eigenvalue weighted by Gasteiger charge is 2.24. The van der Waals surface area contributed by atoms with Gasteiger partial charge >= 0.3 is 0 Å². The van der Waals surface area contributed by atoms with Gasteiger partial charge in [-0.2, -0.15) is 0 Å². The fraction of sp³-hybridized carbons (Fsp3) is 1.00. The predicted octanol–water partition coefficient (Wildman–Crippen LogP) is 3.36. The Morgan fingerprint density at radius 1 is 1.25 bits per heavy atom. The lowest BCUT2D eigenvalue weighted by atomic mass is 9.96. The van der Waals surface area contributed by atoms with Gasteiger partial charge in [0.2, 0.25) is 0 Å². The second-order valence-electron chi connectivity index (χ2n) is 5.18. The number of ether oxygens (including phenoxy) is 1. The second-order valence-corrected chi connectivity index (χ2v) is 5.18. The van der Waals surface area contributed by atoms with E-state index in [1.807, 2.05) is 0 Å². The van der Waals surface area contributed by atoms with Crippen LogP contribution < -0.4 is 5.32 Å². The van der Waals surface area contributed by atoms with E-state index in [0.717, 1.165) is 12.5 Å². The molecule has 1 fully saturated rings. The van der Waals surface area contributed by atoms with Crippen LogP contribution in [0.3, 0.4) is 0 Å². The van der Waals surface area contributed by atoms with Crippen LogP contribution in [-0.2, 0) is 4.74 Å². The highest BCUT2D eigenvalue weighted by molar-refractivity contribution is 4.80. The van der Waals surface area contributed by atoms with Crippen LogP contribution >= 0.6 is 0 Å². The average molecular weight is 227 g/mol. The lowest BCUT2D eigenvalue weighted by Gasteiger charge is -2.21. The van der Waals surface area contributed by atoms with Crippen LogP contribution in [0.15, 0.2) is 0 Å². The molecule has 3 atom stereocenters. The lowest BCUT2D eigenvalue weighted by molar-refractivity contribution is 0.112. The fourth-order valence-corrected chi connectivity index (χ4v) is 2.57. The van der Waals surface area contributed by atoms with Gasteiger partial charge in [0.15, 0.2) is 0 Å². The Morgan fingerprint density at radius 2 is 2.06 bits per heavy atom. The molecule has 1 aliphatic heterocycles. The van der Waals surface area contributed by atoms with Crippen LogP contribution in [0, 0.1) is 5.92 Å². The van der Waals surface area contributed by atoms with E-state index < -0.39 is 0 Å². The molecule has 0 bridgehead atoms. The highest BCUT2D eigenvalue weighted by atomic mass is 16.5. The molecule has 1 rings (SSSR count). The Hall–Kier alpha value is -0.0800. The summed E-state index contributed by atoms with van der Waals surface area (Å²) >= 11 is 0. The maximum atomic E-state index is 5.58. The first-order valence-corrected chi connectivity index (χ1v) is 7.12. The topological polar surface area (TPSA) is 21.3 Å². The minimum Gasteiger partial charge on any atom is -0.377 e. The van der Waals surface area contributed by atoms with Crippen molar-refractivity contribution in [1.82, 2.24) is 5.32 Å². The zero-order chi connectivity index (χ0) is 11.8. The molecule has 1 N–H and O–H groups in total. The summed E-state index contributed by atoms with van der Waals surface area (Å²) in [5, 5.41) is 3.70. The van der Waals surface area contributed by atoms with Gasteiger partial charge in [-0.25, -0.2) is 0 Å². The van der Waals surface area contributed by atoms with Crippen LogP contribution in [-0.4, -0.2) is 25.3 Å². The zero-order valence-corrected chi connectivity index (χ0v) is 11.3. The van der Waals surface area contributed by atoms with Crippen LogP contribution in [0.2, 0.25) is 0 Å². The quantitative estimate of drug-likeness (QED) is 0.686. The molecule has 0 aliphatic carbocycles. The Labute approximate surface area is 101 Å². The zero-order valence-electron chi connectivity index (χ0n) is 11.3. The first kappa shape index (κ1) is 14.0. The summed E-state index contributed by atoms with van der Waals surface area (Å²) in [6.07, 6.45) is 8.37. The summed E-state index contributed by atoms with van der Waals surface area (Å²) < 4.78 is 5.58. The number of hydrogen-bond acceptors (Lipinski definition) is 2. The van der Waals surface area contributed by atoms with Gasteiger partial charge in [0.05, 0.1) is 6.10 Å². The van der Waals surface area contributed by atoms with Crippen LogP contribution in [0.4, 0.5) is 0 Å². The molecule has 0 aromatic carbocycles. The highest BCUT2D eigenvalue weighted by Crippen LogP contribution is 2.17. The van der Waals surface area contributed by atoms with E-state index in [4.69, 9.17) is 4.74 Å². The van der Waals surface area contributed by atoms with Gasteiger partial charge in [-0.1, -0.05) is 33.1 Å². The van der Waals surface area contributed by atoms with E-state index in [-0.39, 0.29) is 0 Å². The normalized spacial score (nSPS) is 27.2. The molecule has 16 heavy (non-hydrogen) atoms. The van der Waals surface area contributed by atoms with Crippen molar-refractivity contribution in [2.45, 2.75) is 71.4 Å². The van der Waals surface area contributed by atoms with Gasteiger partial charge in [-0.3, -0.25) is 0 Å². The molecule has 96 valence electrons. The third-order valence-electron chi connectivity index (χ3n) is 3.71. The van der Waals surface area contributed by atoms with Gasteiger partial charge < -0.3 is 10.1 Å². The number of rotatable bonds is 8. The molecule has 0 saturated carbocycles. The van der Waals surface area contributed by atoms with E-state index in [1.165, 1.54) is 45.1 Å². The summed E-state index contributed by atoms with van der Waals surface area (Å²) in [5.41, 5.74) is 0. The molecule has 1 aliphatic rings. The molecular formula is C14H29NO. The van der Waals surface area contributed by atoms with Crippen LogP contribution in [0.1, 0.15) is 59.3 Å². The summed E-state index contributed by atoms with van der Waals surface area (Å²) in [5.74, 6) is 0.873. The third kappa shape index (κ3) is 4.84. The molecule has 1 heterocycles. The van der Waals surface area contributed by atoms with Crippen LogP contribution in [0.5, 0.6) is 0 Å². The predicted molar refractivity (Wildman–Crippen MR) is 69.7 cm³/mol. The largest absolute Gasteiger partial charge is 0.377 e. The molecule has 0 aromatic heterocycles. The van der Waals surface area contributed by atoms with Gasteiger partial charge in [0, 0.05) is 12.6 Å². The first-order valence-electron chi connectivity index (χ1n) is 7.12. The Kier molecular flexibility index (Phi) is 7.06. The molecule has 0 amide bonds. The summed E-state index contributed by atoms with van der Waals surface area (Å²) in [6.45, 7) is 8.88. The fourth-order valence-electron chi connectivity index (χ4n) is 2.57. The maximum absolute atomic E-state index is 5.58. The third-order valence-corrected chi connectivity index (χ3v) is 3.71. The Morgan fingerprint density at radius 3 is 2.62 bits per heavy atom. The maximum Gasteiger partial charge on any atom is 0.0700 e. The lowest BCUT2D eigenvalue weighted by Crippen LogP contribution is -2.37. The SMILES string of the molecule is CCCCC(CCC)CNC1CCOC1C. The molecule has 1 saturated heterocycles. The molecule has 0 spiro atoms. The minimum absolute atomic E-state index is 0.411. The van der Waals surface area contributed by atoms with Crippen molar-refractivity contribution in [3.05, 3.63) is 0 Å². The van der Waals surface area contributed by atoms with E-state index in [1.54, 1.807) is 0 Å². The van der Waals surface area contributed by atoms with Crippen molar-refractivity contribution in [1.29, 1.82) is 0 Å². The van der Waals surface area contributed by atoms with E-state index in [0.29, 0.717) is 12.1 Å². The first-order chi connectivity index (χ1) is 7.77. The molecule has 0 aromatic rings. The van der Waals surface area contributed by atoms with Crippen molar-refractivity contribution < 1.29 is 4.74 Å². The van der Waals surface area contributed by atoms with Crippen molar-refractivity contribution in [2.75, 3.05) is 13.2 Å². The van der Waals surface area contributed by atoms with E-state index >= 15 is 0 Å². The van der Waals surface area contributed by atoms with Gasteiger partial charge in [0.1, 0.15) is 0 Å². The standard InChI is InChI=1S/C14H29NO/c1-4-6-8-13(7-5-2)11-15-14-9-10-16-12(14)3/h12-15H,4-11H2,1-3H3. The van der Waals surface area contributed by atoms with Gasteiger partial charge in [0.25, 0.3) is 0 Å². The second kappa shape index (κ2) is 8.08. The minimum atomic E-state index is 0.411. The summed E-state index contributed by atoms with van der Waals surface area (Å²) in [6, 6.07) is 0.598. The summed E-state index contributed by atoms with van der Waals surface area (Å²) in [7, 11) is 0. The van der Waals surface area contributed by atoms with Crippen molar-refractivity contribution in [2.24, 2.45) is 5.92 Å². The molecule has 3 unspecified atom stereocenters. The molecular weight excluding hydrogens is 198 g/mol. The van der Waals surface area contributed by atoms with Gasteiger partial charge in [-0.05, 0) is 38.6 Å². The molecule has 2 nitrogen and oxygen atoms in total. The monoisotopic (exact) mass is 227 g/mol. The Bertz CT molecular complexity index is 172. The average Bonchev–Trinajstić information content (AvgIpc) is 2.68. The van der Waals surface area contributed by atoms with Crippen molar-refractivity contribution in [3.8, 4) is 0 Å². The molecule has 0 radical (unpaired) electrons. The number of unbranched alkanes of at least 4 members (excludes halogenated alkanes) is 1. The number of hydrogen-bond donors (Lipinski definition) is 1. The molecule has 2 heteroatoms. The van der Waals surface area contributed by atoms with Crippen molar-refractivity contribution in [3.63, 3.8) is 0 Å². The number of nitrogens with one attached hydrogen (secondary N) is 1.